The van der Waals surface area contributed by atoms with E-state index >= 15 is 0 Å². The lowest BCUT2D eigenvalue weighted by Gasteiger charge is -2.08. The van der Waals surface area contributed by atoms with Crippen LogP contribution in [-0.4, -0.2) is 11.9 Å². The number of fused-ring (bicyclic) bond motifs is 1. The molecule has 2 nitrogen and oxygen atoms in total. The van der Waals surface area contributed by atoms with E-state index in [2.05, 4.69) is 0 Å². The minimum Gasteiger partial charge on any atom is -0.482 e. The summed E-state index contributed by atoms with van der Waals surface area (Å²) in [4.78, 5) is 11.8. The van der Waals surface area contributed by atoms with Crippen molar-refractivity contribution in [1.82, 2.24) is 0 Å². The number of para-hydroxylation sites is 1. The first kappa shape index (κ1) is 8.96. The van der Waals surface area contributed by atoms with Gasteiger partial charge < -0.3 is 4.74 Å². The first-order valence-electron chi connectivity index (χ1n) is 5.60. The van der Waals surface area contributed by atoms with Gasteiger partial charge in [-0.1, -0.05) is 18.2 Å². The van der Waals surface area contributed by atoms with Crippen LogP contribution in [0.2, 0.25) is 0 Å². The average Bonchev–Trinajstić information content (AvgIpc) is 2.95. The molecule has 0 saturated heterocycles. The highest BCUT2D eigenvalue weighted by molar-refractivity contribution is 5.85. The number of benzene rings is 1. The third-order valence-corrected chi connectivity index (χ3v) is 3.19. The Hall–Kier alpha value is -1.31. The van der Waals surface area contributed by atoms with Gasteiger partial charge in [0.2, 0.25) is 0 Å². The molecule has 15 heavy (non-hydrogen) atoms. The average molecular weight is 202 g/mol. The summed E-state index contributed by atoms with van der Waals surface area (Å²) in [6.45, 7) is 0. The van der Waals surface area contributed by atoms with Crippen molar-refractivity contribution in [2.24, 2.45) is 5.92 Å². The molecule has 1 aliphatic carbocycles. The largest absolute Gasteiger partial charge is 0.482 e. The van der Waals surface area contributed by atoms with E-state index in [0.29, 0.717) is 5.92 Å². The zero-order chi connectivity index (χ0) is 10.3. The highest BCUT2D eigenvalue weighted by Gasteiger charge is 2.32. The van der Waals surface area contributed by atoms with Gasteiger partial charge in [-0.3, -0.25) is 4.79 Å². The van der Waals surface area contributed by atoms with Crippen LogP contribution in [0, 0.1) is 5.92 Å². The summed E-state index contributed by atoms with van der Waals surface area (Å²) in [5.41, 5.74) is 1.17. The Kier molecular flexibility index (Phi) is 2.01. The Labute approximate surface area is 89.2 Å². The number of rotatable bonds is 3. The molecule has 1 heterocycles. The molecular weight excluding hydrogens is 188 g/mol. The minimum atomic E-state index is -0.206. The first-order valence-corrected chi connectivity index (χ1v) is 5.60. The van der Waals surface area contributed by atoms with Crippen LogP contribution in [0.15, 0.2) is 24.3 Å². The standard InChI is InChI=1S/C13H14O2/c14-11(7-9-5-6-9)13-8-10-3-1-2-4-12(10)15-13/h1-4,9,13H,5-8H2. The van der Waals surface area contributed by atoms with E-state index in [4.69, 9.17) is 4.74 Å². The maximum atomic E-state index is 11.8. The second-order valence-corrected chi connectivity index (χ2v) is 4.53. The second kappa shape index (κ2) is 3.37. The second-order valence-electron chi connectivity index (χ2n) is 4.53. The van der Waals surface area contributed by atoms with Crippen molar-refractivity contribution in [2.75, 3.05) is 0 Å². The number of carbonyl (C=O) groups is 1. The molecule has 1 aliphatic heterocycles. The molecule has 0 amide bonds. The van der Waals surface area contributed by atoms with Crippen LogP contribution in [0.1, 0.15) is 24.8 Å². The summed E-state index contributed by atoms with van der Waals surface area (Å²) in [7, 11) is 0. The fraction of sp³-hybridized carbons (Fsp3) is 0.462. The normalized spacial score (nSPS) is 23.3. The number of ether oxygens (including phenoxy) is 1. The summed E-state index contributed by atoms with van der Waals surface area (Å²) in [6, 6.07) is 7.93. The van der Waals surface area contributed by atoms with Gasteiger partial charge in [-0.2, -0.15) is 0 Å². The van der Waals surface area contributed by atoms with E-state index in [1.54, 1.807) is 0 Å². The maximum Gasteiger partial charge on any atom is 0.173 e. The van der Waals surface area contributed by atoms with Gasteiger partial charge in [0.25, 0.3) is 0 Å². The molecule has 1 atom stereocenters. The Balaban J connectivity index is 1.69. The topological polar surface area (TPSA) is 26.3 Å². The summed E-state index contributed by atoms with van der Waals surface area (Å²) in [6.07, 6.45) is 3.74. The molecule has 1 aromatic carbocycles. The quantitative estimate of drug-likeness (QED) is 0.752. The van der Waals surface area contributed by atoms with Crippen LogP contribution in [-0.2, 0) is 11.2 Å². The molecule has 0 bridgehead atoms. The fourth-order valence-corrected chi connectivity index (χ4v) is 2.10. The molecule has 0 radical (unpaired) electrons. The van der Waals surface area contributed by atoms with E-state index in [9.17, 15) is 4.79 Å². The number of hydrogen-bond donors (Lipinski definition) is 0. The number of ketones is 1. The van der Waals surface area contributed by atoms with Gasteiger partial charge in [0.1, 0.15) is 5.75 Å². The molecule has 78 valence electrons. The zero-order valence-corrected chi connectivity index (χ0v) is 8.61. The van der Waals surface area contributed by atoms with Crippen molar-refractivity contribution in [3.05, 3.63) is 29.8 Å². The monoisotopic (exact) mass is 202 g/mol. The summed E-state index contributed by atoms with van der Waals surface area (Å²) in [5, 5.41) is 0. The van der Waals surface area contributed by atoms with Crippen molar-refractivity contribution in [1.29, 1.82) is 0 Å². The van der Waals surface area contributed by atoms with Gasteiger partial charge >= 0.3 is 0 Å². The Bertz CT molecular complexity index is 368. The van der Waals surface area contributed by atoms with Crippen LogP contribution in [0.25, 0.3) is 0 Å². The Morgan fingerprint density at radius 3 is 2.87 bits per heavy atom. The van der Waals surface area contributed by atoms with E-state index in [1.165, 1.54) is 18.4 Å². The Morgan fingerprint density at radius 1 is 1.33 bits per heavy atom. The molecule has 0 spiro atoms. The molecule has 1 fully saturated rings. The molecule has 2 heteroatoms. The predicted molar refractivity (Wildman–Crippen MR) is 56.9 cm³/mol. The van der Waals surface area contributed by atoms with E-state index in [0.717, 1.165) is 18.6 Å². The smallest absolute Gasteiger partial charge is 0.173 e. The minimum absolute atomic E-state index is 0.206. The van der Waals surface area contributed by atoms with Crippen LogP contribution in [0.3, 0.4) is 0 Å². The molecule has 1 saturated carbocycles. The highest BCUT2D eigenvalue weighted by Crippen LogP contribution is 2.35. The van der Waals surface area contributed by atoms with Crippen LogP contribution < -0.4 is 4.74 Å². The van der Waals surface area contributed by atoms with Gasteiger partial charge in [0.15, 0.2) is 11.9 Å². The molecule has 1 unspecified atom stereocenters. The third-order valence-electron chi connectivity index (χ3n) is 3.19. The van der Waals surface area contributed by atoms with Crippen molar-refractivity contribution >= 4 is 5.78 Å². The number of Topliss-reactive ketones (excluding diaryl/α,β-unsaturated/α-hetero) is 1. The van der Waals surface area contributed by atoms with E-state index in [1.807, 2.05) is 24.3 Å². The van der Waals surface area contributed by atoms with Crippen LogP contribution >= 0.6 is 0 Å². The lowest BCUT2D eigenvalue weighted by atomic mass is 10.0. The third kappa shape index (κ3) is 1.76. The van der Waals surface area contributed by atoms with Crippen molar-refractivity contribution < 1.29 is 9.53 Å². The zero-order valence-electron chi connectivity index (χ0n) is 8.61. The fourth-order valence-electron chi connectivity index (χ4n) is 2.10. The molecular formula is C13H14O2. The van der Waals surface area contributed by atoms with Crippen LogP contribution in [0.5, 0.6) is 5.75 Å². The van der Waals surface area contributed by atoms with Crippen molar-refractivity contribution in [3.63, 3.8) is 0 Å². The molecule has 0 N–H and O–H groups in total. The maximum absolute atomic E-state index is 11.8. The van der Waals surface area contributed by atoms with Crippen LogP contribution in [0.4, 0.5) is 0 Å². The lowest BCUT2D eigenvalue weighted by Crippen LogP contribution is -2.25. The van der Waals surface area contributed by atoms with Gasteiger partial charge in [0, 0.05) is 12.8 Å². The van der Waals surface area contributed by atoms with Gasteiger partial charge in [0.05, 0.1) is 0 Å². The SMILES string of the molecule is O=C(CC1CC1)C1Cc2ccccc2O1. The Morgan fingerprint density at radius 2 is 2.13 bits per heavy atom. The predicted octanol–water partition coefficient (Wildman–Crippen LogP) is 2.36. The molecule has 3 rings (SSSR count). The van der Waals surface area contributed by atoms with E-state index < -0.39 is 0 Å². The highest BCUT2D eigenvalue weighted by atomic mass is 16.5. The van der Waals surface area contributed by atoms with Gasteiger partial charge in [-0.25, -0.2) is 0 Å². The van der Waals surface area contributed by atoms with E-state index in [-0.39, 0.29) is 11.9 Å². The number of hydrogen-bond acceptors (Lipinski definition) is 2. The van der Waals surface area contributed by atoms with Gasteiger partial charge in [-0.05, 0) is 30.4 Å². The lowest BCUT2D eigenvalue weighted by molar-refractivity contribution is -0.125. The summed E-state index contributed by atoms with van der Waals surface area (Å²) >= 11 is 0. The van der Waals surface area contributed by atoms with Crippen molar-refractivity contribution in [3.8, 4) is 5.75 Å². The number of carbonyl (C=O) groups excluding carboxylic acids is 1. The molecule has 1 aromatic rings. The summed E-state index contributed by atoms with van der Waals surface area (Å²) < 4.78 is 5.65. The molecule has 0 aromatic heterocycles. The first-order chi connectivity index (χ1) is 7.33. The van der Waals surface area contributed by atoms with Gasteiger partial charge in [-0.15, -0.1) is 0 Å². The summed E-state index contributed by atoms with van der Waals surface area (Å²) in [5.74, 6) is 1.84. The van der Waals surface area contributed by atoms with Crippen molar-refractivity contribution in [2.45, 2.75) is 31.8 Å². The molecule has 2 aliphatic rings.